The number of hydrogen-bond donors (Lipinski definition) is 0. The Bertz CT molecular complexity index is 496. The molecule has 0 heterocycles. The summed E-state index contributed by atoms with van der Waals surface area (Å²) in [4.78, 5) is 22.9. The fourth-order valence-electron chi connectivity index (χ4n) is 1.27. The summed E-state index contributed by atoms with van der Waals surface area (Å²) in [6, 6.07) is 8.75. The van der Waals surface area contributed by atoms with Gasteiger partial charge in [0.2, 0.25) is 0 Å². The van der Waals surface area contributed by atoms with Crippen LogP contribution in [0.3, 0.4) is 0 Å². The van der Waals surface area contributed by atoms with Gasteiger partial charge in [-0.25, -0.2) is 4.79 Å². The summed E-state index contributed by atoms with van der Waals surface area (Å²) in [6.45, 7) is 2.08. The van der Waals surface area contributed by atoms with E-state index >= 15 is 0 Å². The molecular formula is C16H16O3. The topological polar surface area (TPSA) is 43.4 Å². The Morgan fingerprint density at radius 1 is 1.11 bits per heavy atom. The molecule has 0 atom stereocenters. The van der Waals surface area contributed by atoms with Gasteiger partial charge in [-0.3, -0.25) is 4.79 Å². The first kappa shape index (κ1) is 14.6. The minimum absolute atomic E-state index is 0.188. The van der Waals surface area contributed by atoms with Crippen molar-refractivity contribution in [2.45, 2.75) is 6.92 Å². The van der Waals surface area contributed by atoms with E-state index in [0.29, 0.717) is 5.56 Å². The van der Waals surface area contributed by atoms with Crippen molar-refractivity contribution in [2.75, 3.05) is 6.61 Å². The number of rotatable bonds is 6. The summed E-state index contributed by atoms with van der Waals surface area (Å²) in [6.07, 6.45) is 9.56. The highest BCUT2D eigenvalue weighted by atomic mass is 16.5. The Morgan fingerprint density at radius 3 is 2.53 bits per heavy atom. The summed E-state index contributed by atoms with van der Waals surface area (Å²) in [5.74, 6) is -0.753. The van der Waals surface area contributed by atoms with Crippen molar-refractivity contribution >= 4 is 11.8 Å². The number of ketones is 1. The van der Waals surface area contributed by atoms with Crippen molar-refractivity contribution in [3.63, 3.8) is 0 Å². The minimum Gasteiger partial charge on any atom is -0.458 e. The zero-order valence-electron chi connectivity index (χ0n) is 10.8. The third-order valence-electron chi connectivity index (χ3n) is 2.19. The van der Waals surface area contributed by atoms with Crippen LogP contribution in [-0.2, 0) is 9.53 Å². The maximum atomic E-state index is 11.6. The van der Waals surface area contributed by atoms with Crippen molar-refractivity contribution in [2.24, 2.45) is 0 Å². The SMILES string of the molecule is C/C=C/C=C/COC(=O)/C=C\C(=O)c1ccccc1. The molecule has 0 saturated heterocycles. The molecule has 3 nitrogen and oxygen atoms in total. The lowest BCUT2D eigenvalue weighted by Gasteiger charge is -1.96. The number of carbonyl (C=O) groups is 2. The van der Waals surface area contributed by atoms with E-state index in [4.69, 9.17) is 4.74 Å². The standard InChI is InChI=1S/C16H16O3/c1-2-3-4-8-13-19-16(18)12-11-15(17)14-9-6-5-7-10-14/h2-12H,13H2,1H3/b3-2+,8-4+,12-11-. The van der Waals surface area contributed by atoms with E-state index in [-0.39, 0.29) is 12.4 Å². The van der Waals surface area contributed by atoms with E-state index in [0.717, 1.165) is 6.08 Å². The Labute approximate surface area is 112 Å². The molecule has 0 radical (unpaired) electrons. The highest BCUT2D eigenvalue weighted by Gasteiger charge is 2.01. The number of hydrogen-bond acceptors (Lipinski definition) is 3. The maximum absolute atomic E-state index is 11.6. The number of carbonyl (C=O) groups excluding carboxylic acids is 2. The van der Waals surface area contributed by atoms with E-state index in [2.05, 4.69) is 0 Å². The number of ether oxygens (including phenoxy) is 1. The van der Waals surface area contributed by atoms with Gasteiger partial charge < -0.3 is 4.74 Å². The summed E-state index contributed by atoms with van der Waals surface area (Å²) >= 11 is 0. The van der Waals surface area contributed by atoms with Gasteiger partial charge in [-0.05, 0) is 19.1 Å². The van der Waals surface area contributed by atoms with Crippen molar-refractivity contribution < 1.29 is 14.3 Å². The highest BCUT2D eigenvalue weighted by Crippen LogP contribution is 2.00. The first-order valence-corrected chi connectivity index (χ1v) is 5.96. The van der Waals surface area contributed by atoms with Gasteiger partial charge in [0, 0.05) is 11.6 Å². The highest BCUT2D eigenvalue weighted by molar-refractivity contribution is 6.06. The Morgan fingerprint density at radius 2 is 1.84 bits per heavy atom. The van der Waals surface area contributed by atoms with Crippen molar-refractivity contribution in [3.05, 3.63) is 72.4 Å². The van der Waals surface area contributed by atoms with Crippen LogP contribution in [0.25, 0.3) is 0 Å². The molecule has 0 aliphatic carbocycles. The van der Waals surface area contributed by atoms with E-state index in [9.17, 15) is 9.59 Å². The first-order chi connectivity index (χ1) is 9.24. The quantitative estimate of drug-likeness (QED) is 0.340. The average Bonchev–Trinajstić information content (AvgIpc) is 2.45. The molecule has 98 valence electrons. The second-order valence-electron chi connectivity index (χ2n) is 3.65. The molecule has 0 bridgehead atoms. The van der Waals surface area contributed by atoms with Crippen LogP contribution in [0.4, 0.5) is 0 Å². The fraction of sp³-hybridized carbons (Fsp3) is 0.125. The van der Waals surface area contributed by atoms with Gasteiger partial charge in [0.1, 0.15) is 6.61 Å². The maximum Gasteiger partial charge on any atom is 0.331 e. The summed E-state index contributed by atoms with van der Waals surface area (Å²) in [7, 11) is 0. The van der Waals surface area contributed by atoms with Crippen LogP contribution in [0.5, 0.6) is 0 Å². The van der Waals surface area contributed by atoms with Crippen LogP contribution in [0.15, 0.2) is 66.8 Å². The Kier molecular flexibility index (Phi) is 6.66. The van der Waals surface area contributed by atoms with E-state index in [1.165, 1.54) is 6.08 Å². The third kappa shape index (κ3) is 6.17. The summed E-state index contributed by atoms with van der Waals surface area (Å²) in [5.41, 5.74) is 0.541. The van der Waals surface area contributed by atoms with E-state index in [1.54, 1.807) is 36.4 Å². The largest absolute Gasteiger partial charge is 0.458 e. The third-order valence-corrected chi connectivity index (χ3v) is 2.19. The van der Waals surface area contributed by atoms with Gasteiger partial charge in [-0.1, -0.05) is 48.6 Å². The molecule has 0 unspecified atom stereocenters. The molecule has 1 rings (SSSR count). The first-order valence-electron chi connectivity index (χ1n) is 5.96. The monoisotopic (exact) mass is 256 g/mol. The number of allylic oxidation sites excluding steroid dienone is 4. The van der Waals surface area contributed by atoms with Crippen LogP contribution in [0.2, 0.25) is 0 Å². The molecule has 0 amide bonds. The van der Waals surface area contributed by atoms with Gasteiger partial charge in [0.05, 0.1) is 0 Å². The molecule has 0 fully saturated rings. The van der Waals surface area contributed by atoms with Gasteiger partial charge in [-0.15, -0.1) is 0 Å². The lowest BCUT2D eigenvalue weighted by molar-refractivity contribution is -0.136. The second-order valence-corrected chi connectivity index (χ2v) is 3.65. The smallest absolute Gasteiger partial charge is 0.331 e. The lowest BCUT2D eigenvalue weighted by Crippen LogP contribution is -2.02. The van der Waals surface area contributed by atoms with Crippen LogP contribution in [0.1, 0.15) is 17.3 Å². The minimum atomic E-state index is -0.533. The molecule has 19 heavy (non-hydrogen) atoms. The van der Waals surface area contributed by atoms with E-state index in [1.807, 2.05) is 25.1 Å². The number of esters is 1. The summed E-state index contributed by atoms with van der Waals surface area (Å²) in [5, 5.41) is 0. The molecular weight excluding hydrogens is 240 g/mol. The van der Waals surface area contributed by atoms with Gasteiger partial charge >= 0.3 is 5.97 Å². The zero-order chi connectivity index (χ0) is 13.9. The van der Waals surface area contributed by atoms with Crippen molar-refractivity contribution in [1.29, 1.82) is 0 Å². The predicted octanol–water partition coefficient (Wildman–Crippen LogP) is 3.10. The molecule has 0 aromatic heterocycles. The predicted molar refractivity (Wildman–Crippen MR) is 74.8 cm³/mol. The Balaban J connectivity index is 2.40. The van der Waals surface area contributed by atoms with Crippen molar-refractivity contribution in [3.8, 4) is 0 Å². The normalized spacial score (nSPS) is 11.4. The lowest BCUT2D eigenvalue weighted by atomic mass is 10.1. The van der Waals surface area contributed by atoms with Gasteiger partial charge in [0.15, 0.2) is 5.78 Å². The van der Waals surface area contributed by atoms with E-state index < -0.39 is 5.97 Å². The molecule has 0 aliphatic heterocycles. The molecule has 1 aromatic carbocycles. The molecule has 0 N–H and O–H groups in total. The van der Waals surface area contributed by atoms with Gasteiger partial charge in [-0.2, -0.15) is 0 Å². The summed E-state index contributed by atoms with van der Waals surface area (Å²) < 4.78 is 4.88. The Hall–Kier alpha value is -2.42. The molecule has 1 aromatic rings. The molecule has 3 heteroatoms. The average molecular weight is 256 g/mol. The van der Waals surface area contributed by atoms with Crippen molar-refractivity contribution in [1.82, 2.24) is 0 Å². The van der Waals surface area contributed by atoms with Gasteiger partial charge in [0.25, 0.3) is 0 Å². The van der Waals surface area contributed by atoms with Crippen LogP contribution in [-0.4, -0.2) is 18.4 Å². The number of benzene rings is 1. The van der Waals surface area contributed by atoms with Crippen LogP contribution >= 0.6 is 0 Å². The molecule has 0 saturated carbocycles. The fourth-order valence-corrected chi connectivity index (χ4v) is 1.27. The molecule has 0 spiro atoms. The molecule has 0 aliphatic rings. The zero-order valence-corrected chi connectivity index (χ0v) is 10.8. The van der Waals surface area contributed by atoms with Crippen LogP contribution in [0, 0.1) is 0 Å². The van der Waals surface area contributed by atoms with Crippen LogP contribution < -0.4 is 0 Å². The second kappa shape index (κ2) is 8.64.